The van der Waals surface area contributed by atoms with Gasteiger partial charge in [0.15, 0.2) is 5.03 Å². The van der Waals surface area contributed by atoms with Crippen LogP contribution in [0.25, 0.3) is 0 Å². The van der Waals surface area contributed by atoms with Gasteiger partial charge in [0, 0.05) is 35.1 Å². The number of hydrogen-bond acceptors (Lipinski definition) is 9. The van der Waals surface area contributed by atoms with E-state index in [4.69, 9.17) is 10.7 Å². The Bertz CT molecular complexity index is 1550. The molecule has 3 aromatic rings. The van der Waals surface area contributed by atoms with Gasteiger partial charge in [0.25, 0.3) is 15.9 Å². The Morgan fingerprint density at radius 3 is 2.58 bits per heavy atom. The lowest BCUT2D eigenvalue weighted by Crippen LogP contribution is -2.41. The number of nitrogens with two attached hydrogens (primary N) is 1. The van der Waals surface area contributed by atoms with E-state index >= 15 is 0 Å². The predicted molar refractivity (Wildman–Crippen MR) is 156 cm³/mol. The van der Waals surface area contributed by atoms with Crippen LogP contribution in [0.15, 0.2) is 53.7 Å². The zero-order valence-electron chi connectivity index (χ0n) is 23.6. The number of pyridine rings is 3. The summed E-state index contributed by atoms with van der Waals surface area (Å²) in [5.74, 6) is 0.435. The molecule has 0 radical (unpaired) electrons. The van der Waals surface area contributed by atoms with Crippen molar-refractivity contribution in [2.45, 2.75) is 75.9 Å². The van der Waals surface area contributed by atoms with Crippen LogP contribution < -0.4 is 20.7 Å². The quantitative estimate of drug-likeness (QED) is 0.392. The number of nitrogens with zero attached hydrogens (tertiary/aromatic N) is 4. The molecule has 1 unspecified atom stereocenters. The summed E-state index contributed by atoms with van der Waals surface area (Å²) in [4.78, 5) is 29.6. The highest BCUT2D eigenvalue weighted by Crippen LogP contribution is 2.41. The van der Waals surface area contributed by atoms with Crippen LogP contribution in [0, 0.1) is 5.92 Å². The third kappa shape index (κ3) is 5.60. The molecule has 4 bridgehead atoms. The van der Waals surface area contributed by atoms with E-state index in [0.717, 1.165) is 30.7 Å². The lowest BCUT2D eigenvalue weighted by Gasteiger charge is -2.34. The summed E-state index contributed by atoms with van der Waals surface area (Å²) in [5.41, 5.74) is 7.90. The van der Waals surface area contributed by atoms with E-state index in [-0.39, 0.29) is 27.6 Å². The van der Waals surface area contributed by atoms with Crippen molar-refractivity contribution in [3.63, 3.8) is 0 Å². The summed E-state index contributed by atoms with van der Waals surface area (Å²) in [6, 6.07) is 11.5. The maximum Gasteiger partial charge on any atom is 0.281 e. The Kier molecular flexibility index (Phi) is 6.98. The van der Waals surface area contributed by atoms with E-state index in [1.807, 2.05) is 6.07 Å². The van der Waals surface area contributed by atoms with Crippen LogP contribution in [0.2, 0.25) is 0 Å². The summed E-state index contributed by atoms with van der Waals surface area (Å²) in [6.45, 7) is 11.2. The molecular formula is C29H37N7O3S. The largest absolute Gasteiger partial charge is 0.399 e. The normalized spacial score (nSPS) is 22.3. The second kappa shape index (κ2) is 10.0. The fraction of sp³-hybridized carbons (Fsp3) is 0.448. The molecule has 0 saturated carbocycles. The van der Waals surface area contributed by atoms with Crippen LogP contribution in [0.5, 0.6) is 0 Å². The molecule has 40 heavy (non-hydrogen) atoms. The van der Waals surface area contributed by atoms with Crippen LogP contribution in [-0.2, 0) is 15.4 Å². The Balaban J connectivity index is 1.63. The zero-order chi connectivity index (χ0) is 28.9. The fourth-order valence-corrected chi connectivity index (χ4v) is 6.54. The van der Waals surface area contributed by atoms with Gasteiger partial charge in [-0.2, -0.15) is 8.42 Å². The second-order valence-corrected chi connectivity index (χ2v) is 14.0. The van der Waals surface area contributed by atoms with Crippen LogP contribution in [0.1, 0.15) is 81.7 Å². The molecular weight excluding hydrogens is 526 g/mol. The summed E-state index contributed by atoms with van der Waals surface area (Å²) in [7, 11) is -4.27. The van der Waals surface area contributed by atoms with E-state index in [1.54, 1.807) is 36.5 Å². The van der Waals surface area contributed by atoms with Crippen molar-refractivity contribution in [2.75, 3.05) is 22.5 Å². The smallest absolute Gasteiger partial charge is 0.281 e. The number of aromatic nitrogens is 3. The molecule has 4 N–H and O–H groups in total. The SMILES string of the molecule is CC(C)(C)c1ccc2c(n1)N1C[C@@H](CCC(c3cc(N)ccn3)Nc3cccc(n3)S(=O)(=O)NC2=O)CC1(C)C. The van der Waals surface area contributed by atoms with Gasteiger partial charge in [-0.15, -0.1) is 0 Å². The summed E-state index contributed by atoms with van der Waals surface area (Å²) < 4.78 is 28.9. The Morgan fingerprint density at radius 2 is 1.85 bits per heavy atom. The molecule has 1 saturated heterocycles. The number of carbonyl (C=O) groups excluding carboxylic acids is 1. The van der Waals surface area contributed by atoms with Crippen molar-refractivity contribution in [1.82, 2.24) is 19.7 Å². The third-order valence-corrected chi connectivity index (χ3v) is 8.91. The first kappa shape index (κ1) is 27.8. The monoisotopic (exact) mass is 563 g/mol. The average Bonchev–Trinajstić information content (AvgIpc) is 3.18. The number of sulfonamides is 1. The van der Waals surface area contributed by atoms with Gasteiger partial charge in [0.05, 0.1) is 17.3 Å². The van der Waals surface area contributed by atoms with Gasteiger partial charge < -0.3 is 16.0 Å². The standard InChI is InChI=1S/C29H37N7O3S/c1-28(2,3)23-12-10-20-26(33-23)36-17-18(16-29(36,4)5)9-11-21(22-15-19(30)13-14-31-22)32-24-7-6-8-25(34-24)40(38,39)35-27(20)37/h6-8,10,12-15,18,21H,9,11,16-17H2,1-5H3,(H2,30,31)(H,32,34)(H,35,37)/t18-,21?/m0/s1. The second-order valence-electron chi connectivity index (χ2n) is 12.4. The third-order valence-electron chi connectivity index (χ3n) is 7.68. The molecule has 5 rings (SSSR count). The molecule has 10 nitrogen and oxygen atoms in total. The van der Waals surface area contributed by atoms with Crippen molar-refractivity contribution in [3.8, 4) is 0 Å². The molecule has 0 aliphatic carbocycles. The van der Waals surface area contributed by atoms with Crippen molar-refractivity contribution in [2.24, 2.45) is 5.92 Å². The number of fused-ring (bicyclic) bond motifs is 6. The van der Waals surface area contributed by atoms with Crippen LogP contribution in [0.4, 0.5) is 17.3 Å². The minimum atomic E-state index is -4.27. The van der Waals surface area contributed by atoms with E-state index < -0.39 is 15.9 Å². The molecule has 3 aromatic heterocycles. The van der Waals surface area contributed by atoms with E-state index in [1.165, 1.54) is 6.07 Å². The number of anilines is 3. The van der Waals surface area contributed by atoms with Gasteiger partial charge in [-0.05, 0) is 75.4 Å². The molecule has 2 atom stereocenters. The van der Waals surface area contributed by atoms with Gasteiger partial charge in [-0.3, -0.25) is 9.78 Å². The lowest BCUT2D eigenvalue weighted by atomic mass is 9.90. The predicted octanol–water partition coefficient (Wildman–Crippen LogP) is 4.42. The minimum absolute atomic E-state index is 0.219. The number of rotatable bonds is 1. The topological polar surface area (TPSA) is 143 Å². The number of carbonyl (C=O) groups is 1. The molecule has 0 spiro atoms. The summed E-state index contributed by atoms with van der Waals surface area (Å²) in [5, 5.41) is 3.11. The fourth-order valence-electron chi connectivity index (χ4n) is 5.61. The van der Waals surface area contributed by atoms with Gasteiger partial charge in [-0.25, -0.2) is 14.7 Å². The average molecular weight is 564 g/mol. The molecule has 5 heterocycles. The van der Waals surface area contributed by atoms with Gasteiger partial charge in [0.2, 0.25) is 0 Å². The van der Waals surface area contributed by atoms with Gasteiger partial charge in [-0.1, -0.05) is 26.8 Å². The molecule has 1 amide bonds. The Morgan fingerprint density at radius 1 is 1.07 bits per heavy atom. The molecule has 11 heteroatoms. The molecule has 1 fully saturated rings. The minimum Gasteiger partial charge on any atom is -0.399 e. The zero-order valence-corrected chi connectivity index (χ0v) is 24.4. The van der Waals surface area contributed by atoms with Crippen molar-refractivity contribution < 1.29 is 13.2 Å². The number of amides is 1. The first-order valence-electron chi connectivity index (χ1n) is 13.5. The maximum absolute atomic E-state index is 13.5. The molecule has 2 aliphatic rings. The maximum atomic E-state index is 13.5. The number of nitrogens with one attached hydrogen (secondary N) is 2. The molecule has 212 valence electrons. The Hall–Kier alpha value is -3.73. The first-order valence-corrected chi connectivity index (χ1v) is 15.0. The van der Waals surface area contributed by atoms with Crippen LogP contribution >= 0.6 is 0 Å². The summed E-state index contributed by atoms with van der Waals surface area (Å²) in [6.07, 6.45) is 4.15. The first-order chi connectivity index (χ1) is 18.7. The van der Waals surface area contributed by atoms with Crippen LogP contribution in [0.3, 0.4) is 0 Å². The highest BCUT2D eigenvalue weighted by Gasteiger charge is 2.41. The van der Waals surface area contributed by atoms with Crippen LogP contribution in [-0.4, -0.2) is 41.4 Å². The summed E-state index contributed by atoms with van der Waals surface area (Å²) >= 11 is 0. The number of hydrogen-bond donors (Lipinski definition) is 3. The lowest BCUT2D eigenvalue weighted by molar-refractivity contribution is 0.0981. The van der Waals surface area contributed by atoms with Crippen molar-refractivity contribution >= 4 is 33.3 Å². The number of nitrogen functional groups attached to an aromatic ring is 1. The van der Waals surface area contributed by atoms with Gasteiger partial charge in [0.1, 0.15) is 11.6 Å². The van der Waals surface area contributed by atoms with Crippen molar-refractivity contribution in [1.29, 1.82) is 0 Å². The van der Waals surface area contributed by atoms with Crippen molar-refractivity contribution in [3.05, 3.63) is 65.6 Å². The van der Waals surface area contributed by atoms with E-state index in [2.05, 4.69) is 59.5 Å². The van der Waals surface area contributed by atoms with E-state index in [9.17, 15) is 13.2 Å². The Labute approximate surface area is 235 Å². The highest BCUT2D eigenvalue weighted by atomic mass is 32.2. The van der Waals surface area contributed by atoms with E-state index in [0.29, 0.717) is 29.8 Å². The molecule has 2 aliphatic heterocycles. The molecule has 0 aromatic carbocycles. The highest BCUT2D eigenvalue weighted by molar-refractivity contribution is 7.90. The van der Waals surface area contributed by atoms with Gasteiger partial charge >= 0.3 is 0 Å².